The van der Waals surface area contributed by atoms with Crippen LogP contribution >= 0.6 is 12.2 Å². The standard InChI is InChI=1S/C14H18N2O2S2/c1-16-13(19)14(7-2-3-8-20(14)18)11-6-4-5-10(9-11)12(15)17/h4-6,9H,2-3,7-8H2,1H3,(H2,15,17)(H,16,19)/t14-,20-/m1/s1. The van der Waals surface area contributed by atoms with Gasteiger partial charge >= 0.3 is 0 Å². The predicted octanol–water partition coefficient (Wildman–Crippen LogP) is 1.46. The first-order valence-electron chi connectivity index (χ1n) is 6.53. The molecule has 1 aliphatic heterocycles. The number of nitrogens with one attached hydrogen (secondary N) is 1. The van der Waals surface area contributed by atoms with Crippen molar-refractivity contribution >= 4 is 33.9 Å². The summed E-state index contributed by atoms with van der Waals surface area (Å²) in [6.45, 7) is 0. The molecule has 0 unspecified atom stereocenters. The normalized spacial score (nSPS) is 25.9. The van der Waals surface area contributed by atoms with Crippen LogP contribution in [-0.4, -0.2) is 27.9 Å². The summed E-state index contributed by atoms with van der Waals surface area (Å²) in [5.74, 6) is 0.141. The van der Waals surface area contributed by atoms with E-state index in [4.69, 9.17) is 18.0 Å². The first-order chi connectivity index (χ1) is 9.52. The molecule has 4 nitrogen and oxygen atoms in total. The van der Waals surface area contributed by atoms with Crippen molar-refractivity contribution in [2.24, 2.45) is 5.73 Å². The summed E-state index contributed by atoms with van der Waals surface area (Å²) in [5.41, 5.74) is 6.57. The van der Waals surface area contributed by atoms with Gasteiger partial charge in [-0.25, -0.2) is 0 Å². The zero-order valence-corrected chi connectivity index (χ0v) is 13.0. The van der Waals surface area contributed by atoms with Crippen LogP contribution in [0.3, 0.4) is 0 Å². The van der Waals surface area contributed by atoms with Crippen LogP contribution in [0.25, 0.3) is 0 Å². The minimum absolute atomic E-state index is 0.420. The fourth-order valence-corrected chi connectivity index (χ4v) is 5.03. The second-order valence-corrected chi connectivity index (χ2v) is 7.06. The van der Waals surface area contributed by atoms with Crippen LogP contribution in [0.15, 0.2) is 24.3 Å². The highest BCUT2D eigenvalue weighted by Gasteiger charge is 2.44. The molecule has 3 N–H and O–H groups in total. The Balaban J connectivity index is 2.57. The Hall–Kier alpha value is -1.27. The van der Waals surface area contributed by atoms with Crippen LogP contribution in [-0.2, 0) is 15.5 Å². The van der Waals surface area contributed by atoms with E-state index in [1.165, 1.54) is 0 Å². The lowest BCUT2D eigenvalue weighted by molar-refractivity contribution is 0.1000. The molecule has 1 amide bonds. The van der Waals surface area contributed by atoms with Crippen LogP contribution in [0.1, 0.15) is 35.2 Å². The van der Waals surface area contributed by atoms with Gasteiger partial charge < -0.3 is 11.1 Å². The molecule has 20 heavy (non-hydrogen) atoms. The number of thiocarbonyl (C=S) groups is 1. The number of hydrogen-bond acceptors (Lipinski definition) is 3. The number of amides is 1. The van der Waals surface area contributed by atoms with Crippen molar-refractivity contribution < 1.29 is 9.00 Å². The van der Waals surface area contributed by atoms with E-state index >= 15 is 0 Å². The molecule has 0 radical (unpaired) electrons. The zero-order valence-electron chi connectivity index (χ0n) is 11.3. The molecule has 2 rings (SSSR count). The zero-order chi connectivity index (χ0) is 14.8. The minimum atomic E-state index is -1.09. The van der Waals surface area contributed by atoms with Crippen molar-refractivity contribution in [3.8, 4) is 0 Å². The lowest BCUT2D eigenvalue weighted by Gasteiger charge is -2.37. The maximum Gasteiger partial charge on any atom is 0.248 e. The first-order valence-corrected chi connectivity index (χ1v) is 8.26. The molecule has 0 aromatic heterocycles. The Kier molecular flexibility index (Phi) is 4.55. The van der Waals surface area contributed by atoms with Crippen LogP contribution in [0.2, 0.25) is 0 Å². The molecule has 0 saturated carbocycles. The number of primary amides is 1. The molecular weight excluding hydrogens is 292 g/mol. The van der Waals surface area contributed by atoms with E-state index < -0.39 is 21.5 Å². The van der Waals surface area contributed by atoms with Gasteiger partial charge in [0.05, 0.1) is 4.99 Å². The Morgan fingerprint density at radius 1 is 1.45 bits per heavy atom. The molecule has 1 heterocycles. The molecule has 6 heteroatoms. The van der Waals surface area contributed by atoms with Gasteiger partial charge in [0.15, 0.2) is 0 Å². The molecule has 0 bridgehead atoms. The van der Waals surface area contributed by atoms with E-state index in [2.05, 4.69) is 5.32 Å². The second kappa shape index (κ2) is 6.01. The maximum atomic E-state index is 12.7. The van der Waals surface area contributed by atoms with Crippen molar-refractivity contribution in [1.82, 2.24) is 5.32 Å². The summed E-state index contributed by atoms with van der Waals surface area (Å²) < 4.78 is 12.0. The predicted molar refractivity (Wildman–Crippen MR) is 85.2 cm³/mol. The first kappa shape index (κ1) is 15.1. The lowest BCUT2D eigenvalue weighted by atomic mass is 9.90. The van der Waals surface area contributed by atoms with Crippen LogP contribution in [0, 0.1) is 0 Å². The van der Waals surface area contributed by atoms with Crippen LogP contribution in [0.5, 0.6) is 0 Å². The van der Waals surface area contributed by atoms with Crippen molar-refractivity contribution in [1.29, 1.82) is 0 Å². The highest BCUT2D eigenvalue weighted by Crippen LogP contribution is 2.39. The van der Waals surface area contributed by atoms with Gasteiger partial charge in [-0.15, -0.1) is 0 Å². The van der Waals surface area contributed by atoms with E-state index in [-0.39, 0.29) is 0 Å². The smallest absolute Gasteiger partial charge is 0.248 e. The Bertz CT molecular complexity index is 564. The molecule has 0 spiro atoms. The Morgan fingerprint density at radius 2 is 2.20 bits per heavy atom. The fourth-order valence-electron chi connectivity index (χ4n) is 2.64. The van der Waals surface area contributed by atoms with Gasteiger partial charge in [-0.3, -0.25) is 9.00 Å². The third-order valence-corrected chi connectivity index (χ3v) is 6.47. The van der Waals surface area contributed by atoms with E-state index in [9.17, 15) is 9.00 Å². The van der Waals surface area contributed by atoms with Gasteiger partial charge in [0, 0.05) is 29.2 Å². The molecule has 1 aliphatic rings. The molecule has 0 aliphatic carbocycles. The molecule has 1 fully saturated rings. The Labute approximate surface area is 126 Å². The molecule has 2 atom stereocenters. The number of hydrogen-bond donors (Lipinski definition) is 2. The minimum Gasteiger partial charge on any atom is -0.381 e. The van der Waals surface area contributed by atoms with Gasteiger partial charge in [-0.1, -0.05) is 30.8 Å². The van der Waals surface area contributed by atoms with Gasteiger partial charge in [-0.2, -0.15) is 0 Å². The average Bonchev–Trinajstić information content (AvgIpc) is 2.47. The van der Waals surface area contributed by atoms with Crippen LogP contribution in [0.4, 0.5) is 0 Å². The third kappa shape index (κ3) is 2.50. The highest BCUT2D eigenvalue weighted by atomic mass is 32.2. The SMILES string of the molecule is CNC(=S)[C@]1(c2cccc(C(N)=O)c2)CCCC[S@]1=O. The molecule has 1 aromatic rings. The number of benzene rings is 1. The monoisotopic (exact) mass is 310 g/mol. The van der Waals surface area contributed by atoms with Crippen molar-refractivity contribution in [2.75, 3.05) is 12.8 Å². The molecule has 108 valence electrons. The number of carbonyl (C=O) groups excluding carboxylic acids is 1. The largest absolute Gasteiger partial charge is 0.381 e. The van der Waals surface area contributed by atoms with Crippen molar-refractivity contribution in [2.45, 2.75) is 24.0 Å². The van der Waals surface area contributed by atoms with Crippen LogP contribution < -0.4 is 11.1 Å². The lowest BCUT2D eigenvalue weighted by Crippen LogP contribution is -2.48. The topological polar surface area (TPSA) is 72.2 Å². The number of rotatable bonds is 3. The summed E-state index contributed by atoms with van der Waals surface area (Å²) in [4.78, 5) is 11.9. The summed E-state index contributed by atoms with van der Waals surface area (Å²) in [5, 5.41) is 2.98. The number of nitrogens with two attached hydrogens (primary N) is 1. The quantitative estimate of drug-likeness (QED) is 0.829. The average molecular weight is 310 g/mol. The second-order valence-electron chi connectivity index (χ2n) is 4.86. The summed E-state index contributed by atoms with van der Waals surface area (Å²) in [6, 6.07) is 7.02. The van der Waals surface area contributed by atoms with Gasteiger partial charge in [0.2, 0.25) is 5.91 Å². The van der Waals surface area contributed by atoms with E-state index in [0.717, 1.165) is 24.8 Å². The molecular formula is C14H18N2O2S2. The number of carbonyl (C=O) groups is 1. The van der Waals surface area contributed by atoms with Crippen molar-refractivity contribution in [3.63, 3.8) is 0 Å². The van der Waals surface area contributed by atoms with E-state index in [1.54, 1.807) is 25.2 Å². The summed E-state index contributed by atoms with van der Waals surface area (Å²) in [6.07, 6.45) is 2.63. The van der Waals surface area contributed by atoms with E-state index in [1.807, 2.05) is 6.07 Å². The number of likely N-dealkylation sites (N-methyl/N-ethyl adjacent to an activating group) is 1. The molecule has 1 aromatic carbocycles. The Morgan fingerprint density at radius 3 is 2.80 bits per heavy atom. The maximum absolute atomic E-state index is 12.7. The van der Waals surface area contributed by atoms with Gasteiger partial charge in [0.25, 0.3) is 0 Å². The highest BCUT2D eigenvalue weighted by molar-refractivity contribution is 7.90. The van der Waals surface area contributed by atoms with E-state index in [0.29, 0.717) is 16.3 Å². The fraction of sp³-hybridized carbons (Fsp3) is 0.429. The van der Waals surface area contributed by atoms with Gasteiger partial charge in [0.1, 0.15) is 4.75 Å². The van der Waals surface area contributed by atoms with Crippen molar-refractivity contribution in [3.05, 3.63) is 35.4 Å². The molecule has 1 saturated heterocycles. The summed E-state index contributed by atoms with van der Waals surface area (Å²) in [7, 11) is 0.649. The third-order valence-electron chi connectivity index (χ3n) is 3.70. The van der Waals surface area contributed by atoms with Gasteiger partial charge in [-0.05, 0) is 30.5 Å². The summed E-state index contributed by atoms with van der Waals surface area (Å²) >= 11 is 5.44.